The van der Waals surface area contributed by atoms with Crippen molar-refractivity contribution in [2.24, 2.45) is 0 Å². The Balaban J connectivity index is 2.82. The molecule has 17 heavy (non-hydrogen) atoms. The lowest BCUT2D eigenvalue weighted by atomic mass is 10.1. The van der Waals surface area contributed by atoms with Crippen molar-refractivity contribution in [2.75, 3.05) is 20.8 Å². The van der Waals surface area contributed by atoms with Crippen LogP contribution in [0.5, 0.6) is 5.75 Å². The number of carbonyl (C=O) groups excluding carboxylic acids is 1. The maximum absolute atomic E-state index is 11.7. The summed E-state index contributed by atoms with van der Waals surface area (Å²) >= 11 is 3.41. The Kier molecular flexibility index (Phi) is 5.44. The second-order valence-corrected chi connectivity index (χ2v) is 4.29. The van der Waals surface area contributed by atoms with Crippen molar-refractivity contribution in [3.63, 3.8) is 0 Å². The average Bonchev–Trinajstić information content (AvgIpc) is 2.32. The Morgan fingerprint density at radius 3 is 2.76 bits per heavy atom. The minimum Gasteiger partial charge on any atom is -0.494 e. The molecule has 0 N–H and O–H groups in total. The smallest absolute Gasteiger partial charge is 0.250 e. The summed E-state index contributed by atoms with van der Waals surface area (Å²) in [6, 6.07) is 5.59. The maximum Gasteiger partial charge on any atom is 0.250 e. The molecule has 4 nitrogen and oxygen atoms in total. The van der Waals surface area contributed by atoms with E-state index >= 15 is 0 Å². The molecule has 1 aromatic rings. The first-order valence-corrected chi connectivity index (χ1v) is 6.09. The summed E-state index contributed by atoms with van der Waals surface area (Å²) in [5.74, 6) is 0.653. The van der Waals surface area contributed by atoms with E-state index in [1.807, 2.05) is 25.1 Å². The molecule has 0 aliphatic rings. The van der Waals surface area contributed by atoms with Crippen molar-refractivity contribution < 1.29 is 14.4 Å². The Labute approximate surface area is 110 Å². The van der Waals surface area contributed by atoms with Gasteiger partial charge < -0.3 is 4.74 Å². The van der Waals surface area contributed by atoms with Crippen LogP contribution < -0.4 is 4.74 Å². The summed E-state index contributed by atoms with van der Waals surface area (Å²) in [4.78, 5) is 16.5. The quantitative estimate of drug-likeness (QED) is 0.784. The fraction of sp³-hybridized carbons (Fsp3) is 0.417. The molecule has 0 unspecified atom stereocenters. The highest BCUT2D eigenvalue weighted by molar-refractivity contribution is 9.10. The molecule has 0 saturated carbocycles. The summed E-state index contributed by atoms with van der Waals surface area (Å²) in [7, 11) is 3.05. The number of nitrogens with zero attached hydrogens (tertiary/aromatic N) is 1. The molecule has 0 aliphatic carbocycles. The third-order valence-corrected chi connectivity index (χ3v) is 3.07. The van der Waals surface area contributed by atoms with E-state index in [1.54, 1.807) is 7.05 Å². The van der Waals surface area contributed by atoms with Gasteiger partial charge in [0.15, 0.2) is 0 Å². The molecule has 0 radical (unpaired) electrons. The van der Waals surface area contributed by atoms with Gasteiger partial charge in [-0.2, -0.15) is 0 Å². The van der Waals surface area contributed by atoms with E-state index in [9.17, 15) is 4.79 Å². The molecule has 0 heterocycles. The molecular formula is C12H16BrNO3. The van der Waals surface area contributed by atoms with Gasteiger partial charge >= 0.3 is 0 Å². The maximum atomic E-state index is 11.7. The standard InChI is InChI=1S/C12H16BrNO3/c1-4-17-10-5-6-11(13)9(7-10)8-12(15)14(2)16-3/h5-7H,4,8H2,1-3H3. The molecule has 0 atom stereocenters. The van der Waals surface area contributed by atoms with E-state index in [-0.39, 0.29) is 12.3 Å². The Morgan fingerprint density at radius 2 is 2.18 bits per heavy atom. The number of ether oxygens (including phenoxy) is 1. The van der Waals surface area contributed by atoms with E-state index in [0.717, 1.165) is 15.8 Å². The third-order valence-electron chi connectivity index (χ3n) is 2.29. The van der Waals surface area contributed by atoms with Crippen molar-refractivity contribution in [1.82, 2.24) is 5.06 Å². The molecule has 0 bridgehead atoms. The van der Waals surface area contributed by atoms with Crippen molar-refractivity contribution in [2.45, 2.75) is 13.3 Å². The van der Waals surface area contributed by atoms with Gasteiger partial charge in [-0.05, 0) is 30.7 Å². The van der Waals surface area contributed by atoms with Crippen LogP contribution in [0, 0.1) is 0 Å². The predicted molar refractivity (Wildman–Crippen MR) is 68.8 cm³/mol. The second kappa shape index (κ2) is 6.61. The summed E-state index contributed by atoms with van der Waals surface area (Å²) in [6.07, 6.45) is 0.270. The molecule has 5 heteroatoms. The minimum atomic E-state index is -0.109. The summed E-state index contributed by atoms with van der Waals surface area (Å²) < 4.78 is 6.28. The fourth-order valence-electron chi connectivity index (χ4n) is 1.32. The minimum absolute atomic E-state index is 0.109. The lowest BCUT2D eigenvalue weighted by Gasteiger charge is -2.14. The van der Waals surface area contributed by atoms with Crippen molar-refractivity contribution in [1.29, 1.82) is 0 Å². The van der Waals surface area contributed by atoms with E-state index in [1.165, 1.54) is 12.2 Å². The zero-order valence-corrected chi connectivity index (χ0v) is 11.8. The number of hydrogen-bond acceptors (Lipinski definition) is 3. The van der Waals surface area contributed by atoms with Crippen LogP contribution in [-0.4, -0.2) is 31.7 Å². The molecule has 0 aromatic heterocycles. The Hall–Kier alpha value is -1.07. The van der Waals surface area contributed by atoms with Gasteiger partial charge in [0, 0.05) is 11.5 Å². The molecule has 0 saturated heterocycles. The topological polar surface area (TPSA) is 38.8 Å². The van der Waals surface area contributed by atoms with Crippen LogP contribution in [-0.2, 0) is 16.1 Å². The van der Waals surface area contributed by atoms with Gasteiger partial charge in [0.25, 0.3) is 0 Å². The molecule has 0 spiro atoms. The number of benzene rings is 1. The van der Waals surface area contributed by atoms with Gasteiger partial charge in [0.05, 0.1) is 20.1 Å². The molecule has 94 valence electrons. The van der Waals surface area contributed by atoms with Crippen LogP contribution in [0.4, 0.5) is 0 Å². The van der Waals surface area contributed by atoms with Gasteiger partial charge in [0.1, 0.15) is 5.75 Å². The van der Waals surface area contributed by atoms with E-state index < -0.39 is 0 Å². The van der Waals surface area contributed by atoms with E-state index in [2.05, 4.69) is 15.9 Å². The van der Waals surface area contributed by atoms with Crippen LogP contribution in [0.2, 0.25) is 0 Å². The SMILES string of the molecule is CCOc1ccc(Br)c(CC(=O)N(C)OC)c1. The van der Waals surface area contributed by atoms with Crippen LogP contribution >= 0.6 is 15.9 Å². The Bertz CT molecular complexity index is 395. The molecule has 1 amide bonds. The zero-order chi connectivity index (χ0) is 12.8. The third kappa shape index (κ3) is 4.02. The molecule has 0 fully saturated rings. The van der Waals surface area contributed by atoms with Crippen LogP contribution in [0.15, 0.2) is 22.7 Å². The van der Waals surface area contributed by atoms with E-state index in [0.29, 0.717) is 6.61 Å². The molecule has 0 aliphatic heterocycles. The number of hydrogen-bond donors (Lipinski definition) is 0. The zero-order valence-electron chi connectivity index (χ0n) is 10.2. The van der Waals surface area contributed by atoms with Crippen molar-refractivity contribution in [3.8, 4) is 5.75 Å². The van der Waals surface area contributed by atoms with Gasteiger partial charge in [-0.3, -0.25) is 9.63 Å². The van der Waals surface area contributed by atoms with Crippen LogP contribution in [0.1, 0.15) is 12.5 Å². The summed E-state index contributed by atoms with van der Waals surface area (Å²) in [5.41, 5.74) is 0.879. The second-order valence-electron chi connectivity index (χ2n) is 3.44. The summed E-state index contributed by atoms with van der Waals surface area (Å²) in [6.45, 7) is 2.53. The number of carbonyl (C=O) groups is 1. The lowest BCUT2D eigenvalue weighted by molar-refractivity contribution is -0.167. The first kappa shape index (κ1) is 14.0. The van der Waals surface area contributed by atoms with Crippen molar-refractivity contribution in [3.05, 3.63) is 28.2 Å². The monoisotopic (exact) mass is 301 g/mol. The number of likely N-dealkylation sites (N-methyl/N-ethyl adjacent to an activating group) is 1. The number of rotatable bonds is 5. The first-order chi connectivity index (χ1) is 8.08. The number of halogens is 1. The lowest BCUT2D eigenvalue weighted by Crippen LogP contribution is -2.27. The molecular weight excluding hydrogens is 286 g/mol. The molecule has 1 rings (SSSR count). The highest BCUT2D eigenvalue weighted by Gasteiger charge is 2.12. The highest BCUT2D eigenvalue weighted by Crippen LogP contribution is 2.23. The van der Waals surface area contributed by atoms with Crippen LogP contribution in [0.3, 0.4) is 0 Å². The van der Waals surface area contributed by atoms with Gasteiger partial charge in [-0.1, -0.05) is 15.9 Å². The summed E-state index contributed by atoms with van der Waals surface area (Å²) in [5, 5.41) is 1.21. The predicted octanol–water partition coefficient (Wildman–Crippen LogP) is 2.41. The number of hydroxylamine groups is 2. The highest BCUT2D eigenvalue weighted by atomic mass is 79.9. The average molecular weight is 302 g/mol. The largest absolute Gasteiger partial charge is 0.494 e. The van der Waals surface area contributed by atoms with Gasteiger partial charge in [-0.25, -0.2) is 5.06 Å². The number of amides is 1. The normalized spacial score (nSPS) is 10.1. The van der Waals surface area contributed by atoms with Gasteiger partial charge in [0.2, 0.25) is 5.91 Å². The van der Waals surface area contributed by atoms with Crippen LogP contribution in [0.25, 0.3) is 0 Å². The van der Waals surface area contributed by atoms with Crippen molar-refractivity contribution >= 4 is 21.8 Å². The fourth-order valence-corrected chi connectivity index (χ4v) is 1.71. The first-order valence-electron chi connectivity index (χ1n) is 5.30. The Morgan fingerprint density at radius 1 is 1.47 bits per heavy atom. The van der Waals surface area contributed by atoms with Gasteiger partial charge in [-0.15, -0.1) is 0 Å². The van der Waals surface area contributed by atoms with E-state index in [4.69, 9.17) is 9.57 Å². The molecule has 1 aromatic carbocycles.